The van der Waals surface area contributed by atoms with Crippen molar-refractivity contribution >= 4 is 34.4 Å². The number of imide groups is 1. The monoisotopic (exact) mass is 341 g/mol. The number of aromatic nitrogens is 2. The van der Waals surface area contributed by atoms with E-state index in [9.17, 15) is 9.59 Å². The number of benzene rings is 2. The minimum atomic E-state index is -0.438. The summed E-state index contributed by atoms with van der Waals surface area (Å²) >= 11 is 5.94. The van der Waals surface area contributed by atoms with Crippen LogP contribution in [0.15, 0.2) is 42.5 Å². The second-order valence-corrected chi connectivity index (χ2v) is 5.81. The average molecular weight is 342 g/mol. The van der Waals surface area contributed by atoms with E-state index in [0.29, 0.717) is 28.4 Å². The Morgan fingerprint density at radius 3 is 2.50 bits per heavy atom. The zero-order valence-electron chi connectivity index (χ0n) is 12.5. The van der Waals surface area contributed by atoms with Gasteiger partial charge in [-0.05, 0) is 30.3 Å². The number of rotatable bonds is 4. The molecule has 0 aliphatic carbocycles. The lowest BCUT2D eigenvalue weighted by atomic mass is 10.1. The molecule has 0 saturated heterocycles. The summed E-state index contributed by atoms with van der Waals surface area (Å²) in [6.45, 7) is 0.152. The molecule has 1 aliphatic rings. The Bertz CT molecular complexity index is 932. The number of hydroxylamine groups is 2. The number of carbonyl (C=O) groups excluding carboxylic acids is 2. The first-order valence-corrected chi connectivity index (χ1v) is 7.76. The van der Waals surface area contributed by atoms with E-state index in [0.717, 1.165) is 16.1 Å². The summed E-state index contributed by atoms with van der Waals surface area (Å²) in [5.41, 5.74) is 2.36. The topological polar surface area (TPSA) is 75.3 Å². The Morgan fingerprint density at radius 1 is 1.08 bits per heavy atom. The normalized spacial score (nSPS) is 13.8. The molecular weight excluding hydrogens is 330 g/mol. The number of nitrogens with zero attached hydrogens (tertiary/aromatic N) is 2. The van der Waals surface area contributed by atoms with E-state index in [2.05, 4.69) is 9.97 Å². The van der Waals surface area contributed by atoms with Crippen LogP contribution in [0, 0.1) is 0 Å². The van der Waals surface area contributed by atoms with Gasteiger partial charge in [0.05, 0.1) is 28.8 Å². The molecule has 1 aliphatic heterocycles. The number of amides is 2. The molecule has 0 radical (unpaired) electrons. The number of H-pyrrole nitrogens is 1. The summed E-state index contributed by atoms with van der Waals surface area (Å²) < 4.78 is 0. The number of hydrogen-bond donors (Lipinski definition) is 1. The summed E-state index contributed by atoms with van der Waals surface area (Å²) in [6.07, 6.45) is 0.430. The van der Waals surface area contributed by atoms with E-state index >= 15 is 0 Å². The van der Waals surface area contributed by atoms with E-state index in [-0.39, 0.29) is 6.61 Å². The summed E-state index contributed by atoms with van der Waals surface area (Å²) in [4.78, 5) is 37.3. The van der Waals surface area contributed by atoms with Crippen molar-refractivity contribution in [3.05, 3.63) is 64.4 Å². The number of aromatic amines is 1. The highest BCUT2D eigenvalue weighted by atomic mass is 35.5. The van der Waals surface area contributed by atoms with Gasteiger partial charge < -0.3 is 4.98 Å². The Labute approximate surface area is 142 Å². The molecule has 24 heavy (non-hydrogen) atoms. The van der Waals surface area contributed by atoms with Gasteiger partial charge in [-0.2, -0.15) is 0 Å². The quantitative estimate of drug-likeness (QED) is 0.740. The highest BCUT2D eigenvalue weighted by molar-refractivity contribution is 6.31. The zero-order chi connectivity index (χ0) is 16.7. The number of halogens is 1. The van der Waals surface area contributed by atoms with Crippen LogP contribution < -0.4 is 0 Å². The molecule has 2 aromatic carbocycles. The van der Waals surface area contributed by atoms with Gasteiger partial charge in [0.15, 0.2) is 0 Å². The number of imidazole rings is 1. The third-order valence-corrected chi connectivity index (χ3v) is 4.04. The maximum absolute atomic E-state index is 12.2. The van der Waals surface area contributed by atoms with Crippen LogP contribution in [0.1, 0.15) is 26.5 Å². The average Bonchev–Trinajstić information content (AvgIpc) is 3.09. The van der Waals surface area contributed by atoms with Crippen LogP contribution in [-0.2, 0) is 11.3 Å². The van der Waals surface area contributed by atoms with Gasteiger partial charge in [-0.3, -0.25) is 14.4 Å². The molecule has 0 saturated carbocycles. The molecular formula is C17H12ClN3O3. The van der Waals surface area contributed by atoms with Crippen molar-refractivity contribution < 1.29 is 14.4 Å². The van der Waals surface area contributed by atoms with Crippen LogP contribution in [-0.4, -0.2) is 33.5 Å². The lowest BCUT2D eigenvalue weighted by Crippen LogP contribution is -2.30. The molecule has 0 bridgehead atoms. The van der Waals surface area contributed by atoms with E-state index < -0.39 is 11.8 Å². The number of hydrogen-bond acceptors (Lipinski definition) is 4. The maximum Gasteiger partial charge on any atom is 0.285 e. The van der Waals surface area contributed by atoms with Gasteiger partial charge in [0, 0.05) is 11.4 Å². The molecule has 0 atom stereocenters. The van der Waals surface area contributed by atoms with Gasteiger partial charge in [0.1, 0.15) is 5.82 Å². The van der Waals surface area contributed by atoms with Crippen molar-refractivity contribution in [1.29, 1.82) is 0 Å². The molecule has 1 N–H and O–H groups in total. The number of carbonyl (C=O) groups is 2. The van der Waals surface area contributed by atoms with Crippen molar-refractivity contribution in [2.45, 2.75) is 6.42 Å². The van der Waals surface area contributed by atoms with Crippen LogP contribution in [0.2, 0.25) is 5.02 Å². The van der Waals surface area contributed by atoms with Gasteiger partial charge in [-0.15, -0.1) is 5.06 Å². The highest BCUT2D eigenvalue weighted by Crippen LogP contribution is 2.23. The minimum absolute atomic E-state index is 0.152. The van der Waals surface area contributed by atoms with E-state index in [1.807, 2.05) is 6.07 Å². The van der Waals surface area contributed by atoms with Gasteiger partial charge in [-0.25, -0.2) is 4.98 Å². The molecule has 2 heterocycles. The van der Waals surface area contributed by atoms with Crippen LogP contribution in [0.5, 0.6) is 0 Å². The van der Waals surface area contributed by atoms with Crippen molar-refractivity contribution in [3.63, 3.8) is 0 Å². The fourth-order valence-electron chi connectivity index (χ4n) is 2.67. The van der Waals surface area contributed by atoms with Crippen LogP contribution in [0.3, 0.4) is 0 Å². The molecule has 2 amide bonds. The summed E-state index contributed by atoms with van der Waals surface area (Å²) in [5.74, 6) is -0.178. The maximum atomic E-state index is 12.2. The molecule has 0 spiro atoms. The summed E-state index contributed by atoms with van der Waals surface area (Å²) in [6, 6.07) is 12.0. The summed E-state index contributed by atoms with van der Waals surface area (Å²) in [5, 5.41) is 1.43. The lowest BCUT2D eigenvalue weighted by molar-refractivity contribution is -0.0905. The second-order valence-electron chi connectivity index (χ2n) is 5.38. The Morgan fingerprint density at radius 2 is 1.79 bits per heavy atom. The molecule has 120 valence electrons. The summed E-state index contributed by atoms with van der Waals surface area (Å²) in [7, 11) is 0. The molecule has 6 nitrogen and oxygen atoms in total. The standard InChI is InChI=1S/C17H12ClN3O3/c18-10-5-6-13-14(9-10)20-15(19-13)7-8-24-21-16(22)11-3-1-2-4-12(11)17(21)23/h1-6,9H,7-8H2,(H,19,20). The van der Waals surface area contributed by atoms with E-state index in [1.165, 1.54) is 0 Å². The molecule has 3 aromatic rings. The molecule has 0 unspecified atom stereocenters. The van der Waals surface area contributed by atoms with Gasteiger partial charge >= 0.3 is 0 Å². The minimum Gasteiger partial charge on any atom is -0.342 e. The van der Waals surface area contributed by atoms with Crippen LogP contribution in [0.4, 0.5) is 0 Å². The Kier molecular flexibility index (Phi) is 3.55. The fraction of sp³-hybridized carbons (Fsp3) is 0.118. The van der Waals surface area contributed by atoms with Crippen LogP contribution >= 0.6 is 11.6 Å². The first-order chi connectivity index (χ1) is 11.6. The first-order valence-electron chi connectivity index (χ1n) is 7.38. The van der Waals surface area contributed by atoms with Gasteiger partial charge in [0.2, 0.25) is 0 Å². The number of nitrogens with one attached hydrogen (secondary N) is 1. The lowest BCUT2D eigenvalue weighted by Gasteiger charge is -2.12. The fourth-order valence-corrected chi connectivity index (χ4v) is 2.84. The Hall–Kier alpha value is -2.70. The van der Waals surface area contributed by atoms with E-state index in [4.69, 9.17) is 16.4 Å². The highest BCUT2D eigenvalue weighted by Gasteiger charge is 2.36. The third kappa shape index (κ3) is 2.46. The number of fused-ring (bicyclic) bond motifs is 2. The molecule has 7 heteroatoms. The molecule has 4 rings (SSSR count). The SMILES string of the molecule is O=C1c2ccccc2C(=O)N1OCCc1nc2ccc(Cl)cc2[nH]1. The van der Waals surface area contributed by atoms with Gasteiger partial charge in [0.25, 0.3) is 11.8 Å². The van der Waals surface area contributed by atoms with Crippen molar-refractivity contribution in [2.75, 3.05) is 6.61 Å². The predicted molar refractivity (Wildman–Crippen MR) is 87.7 cm³/mol. The zero-order valence-corrected chi connectivity index (χ0v) is 13.2. The third-order valence-electron chi connectivity index (χ3n) is 3.81. The van der Waals surface area contributed by atoms with Gasteiger partial charge in [-0.1, -0.05) is 23.7 Å². The first kappa shape index (κ1) is 14.9. The molecule has 0 fully saturated rings. The smallest absolute Gasteiger partial charge is 0.285 e. The Balaban J connectivity index is 1.44. The van der Waals surface area contributed by atoms with Crippen molar-refractivity contribution in [3.8, 4) is 0 Å². The van der Waals surface area contributed by atoms with E-state index in [1.54, 1.807) is 36.4 Å². The van der Waals surface area contributed by atoms with Crippen molar-refractivity contribution in [1.82, 2.24) is 15.0 Å². The molecule has 1 aromatic heterocycles. The predicted octanol–water partition coefficient (Wildman–Crippen LogP) is 2.99. The second kappa shape index (κ2) is 5.74. The van der Waals surface area contributed by atoms with Crippen molar-refractivity contribution in [2.24, 2.45) is 0 Å². The van der Waals surface area contributed by atoms with Crippen LogP contribution in [0.25, 0.3) is 11.0 Å². The largest absolute Gasteiger partial charge is 0.342 e.